The minimum absolute atomic E-state index is 0.00963. The minimum Gasteiger partial charge on any atom is -0.494 e. The number of sulfonamides is 1. The second-order valence-corrected chi connectivity index (χ2v) is 7.49. The number of nitrogens with zero attached hydrogens (tertiary/aromatic N) is 2. The van der Waals surface area contributed by atoms with Gasteiger partial charge in [0.2, 0.25) is 10.0 Å². The van der Waals surface area contributed by atoms with E-state index >= 15 is 0 Å². The third kappa shape index (κ3) is 4.66. The second kappa shape index (κ2) is 8.24. The van der Waals surface area contributed by atoms with Crippen LogP contribution in [0.1, 0.15) is 5.56 Å². The lowest BCUT2D eigenvalue weighted by molar-refractivity contribution is 0.385. The quantitative estimate of drug-likeness (QED) is 0.674. The summed E-state index contributed by atoms with van der Waals surface area (Å²) in [6, 6.07) is 13.1. The van der Waals surface area contributed by atoms with Crippen LogP contribution in [0.15, 0.2) is 65.8 Å². The number of halogens is 1. The van der Waals surface area contributed by atoms with Crippen molar-refractivity contribution in [2.45, 2.75) is 11.3 Å². The Morgan fingerprint density at radius 3 is 2.41 bits per heavy atom. The Bertz CT molecular complexity index is 1010. The number of aromatic nitrogens is 2. The Morgan fingerprint density at radius 2 is 1.78 bits per heavy atom. The topological polar surface area (TPSA) is 81.2 Å². The number of benzene rings is 2. The second-order valence-electron chi connectivity index (χ2n) is 5.73. The molecule has 3 aromatic rings. The molecule has 1 heterocycles. The highest BCUT2D eigenvalue weighted by Gasteiger charge is 2.16. The summed E-state index contributed by atoms with van der Waals surface area (Å²) >= 11 is 0. The average Bonchev–Trinajstić information content (AvgIpc) is 2.69. The predicted molar refractivity (Wildman–Crippen MR) is 99.3 cm³/mol. The molecule has 0 saturated carbocycles. The highest BCUT2D eigenvalue weighted by Crippen LogP contribution is 2.20. The van der Waals surface area contributed by atoms with Crippen molar-refractivity contribution >= 4 is 10.0 Å². The Balaban J connectivity index is 1.61. The summed E-state index contributed by atoms with van der Waals surface area (Å²) in [4.78, 5) is 8.45. The lowest BCUT2D eigenvalue weighted by Gasteiger charge is -2.08. The molecule has 0 unspecified atom stereocenters. The molecule has 0 amide bonds. The SMILES string of the molecule is COc1ccc(S(=O)(=O)NCCc2cnc(-c3ccccc3)nc2)cc1F. The first kappa shape index (κ1) is 18.9. The van der Waals surface area contributed by atoms with Gasteiger partial charge in [-0.3, -0.25) is 0 Å². The van der Waals surface area contributed by atoms with Crippen LogP contribution in [0.25, 0.3) is 11.4 Å². The van der Waals surface area contributed by atoms with Gasteiger partial charge in [0.15, 0.2) is 17.4 Å². The first-order valence-corrected chi connectivity index (χ1v) is 9.67. The molecule has 0 aliphatic carbocycles. The van der Waals surface area contributed by atoms with Crippen LogP contribution in [0.2, 0.25) is 0 Å². The van der Waals surface area contributed by atoms with E-state index < -0.39 is 15.8 Å². The van der Waals surface area contributed by atoms with Crippen molar-refractivity contribution in [1.82, 2.24) is 14.7 Å². The third-order valence-electron chi connectivity index (χ3n) is 3.88. The van der Waals surface area contributed by atoms with Crippen molar-refractivity contribution in [1.29, 1.82) is 0 Å². The Kier molecular flexibility index (Phi) is 5.78. The van der Waals surface area contributed by atoms with E-state index in [2.05, 4.69) is 14.7 Å². The van der Waals surface area contributed by atoms with E-state index in [1.54, 1.807) is 12.4 Å². The molecule has 8 heteroatoms. The number of hydrogen-bond donors (Lipinski definition) is 1. The largest absolute Gasteiger partial charge is 0.494 e. The molecule has 2 aromatic carbocycles. The number of nitrogens with one attached hydrogen (secondary N) is 1. The maximum absolute atomic E-state index is 13.7. The van der Waals surface area contributed by atoms with Crippen LogP contribution in [0, 0.1) is 5.82 Å². The van der Waals surface area contributed by atoms with Crippen LogP contribution < -0.4 is 9.46 Å². The smallest absolute Gasteiger partial charge is 0.240 e. The van der Waals surface area contributed by atoms with E-state index in [4.69, 9.17) is 4.74 Å². The van der Waals surface area contributed by atoms with Crippen molar-refractivity contribution < 1.29 is 17.5 Å². The monoisotopic (exact) mass is 387 g/mol. The van der Waals surface area contributed by atoms with E-state index in [1.807, 2.05) is 30.3 Å². The Labute approximate surface area is 157 Å². The van der Waals surface area contributed by atoms with Crippen molar-refractivity contribution in [2.75, 3.05) is 13.7 Å². The van der Waals surface area contributed by atoms with Crippen molar-refractivity contribution in [2.24, 2.45) is 0 Å². The van der Waals surface area contributed by atoms with E-state index in [1.165, 1.54) is 19.2 Å². The summed E-state index contributed by atoms with van der Waals surface area (Å²) in [5.74, 6) is -0.136. The molecule has 0 atom stereocenters. The van der Waals surface area contributed by atoms with Crippen molar-refractivity contribution in [3.8, 4) is 17.1 Å². The van der Waals surface area contributed by atoms with Gasteiger partial charge in [-0.15, -0.1) is 0 Å². The van der Waals surface area contributed by atoms with Gasteiger partial charge in [0.05, 0.1) is 12.0 Å². The molecular formula is C19H18FN3O3S. The van der Waals surface area contributed by atoms with E-state index in [9.17, 15) is 12.8 Å². The molecule has 6 nitrogen and oxygen atoms in total. The van der Waals surface area contributed by atoms with Crippen molar-refractivity contribution in [3.63, 3.8) is 0 Å². The molecule has 0 aliphatic heterocycles. The van der Waals surface area contributed by atoms with E-state index in [0.717, 1.165) is 17.2 Å². The molecule has 0 radical (unpaired) electrons. The molecule has 0 fully saturated rings. The summed E-state index contributed by atoms with van der Waals surface area (Å²) in [6.45, 7) is 0.143. The molecular weight excluding hydrogens is 369 g/mol. The number of rotatable bonds is 7. The van der Waals surface area contributed by atoms with Gasteiger partial charge in [-0.25, -0.2) is 27.5 Å². The summed E-state index contributed by atoms with van der Waals surface area (Å²) in [5, 5.41) is 0. The lowest BCUT2D eigenvalue weighted by atomic mass is 10.2. The molecule has 1 aromatic heterocycles. The molecule has 0 bridgehead atoms. The van der Waals surface area contributed by atoms with E-state index in [0.29, 0.717) is 12.2 Å². The average molecular weight is 387 g/mol. The standard InChI is InChI=1S/C19H18FN3O3S/c1-26-18-8-7-16(11-17(18)20)27(24,25)23-10-9-14-12-21-19(22-13-14)15-5-3-2-4-6-15/h2-8,11-13,23H,9-10H2,1H3. The Hall–Kier alpha value is -2.84. The molecule has 0 spiro atoms. The van der Waals surface area contributed by atoms with Gasteiger partial charge in [0, 0.05) is 24.5 Å². The maximum atomic E-state index is 13.7. The molecule has 1 N–H and O–H groups in total. The zero-order valence-electron chi connectivity index (χ0n) is 14.6. The number of ether oxygens (including phenoxy) is 1. The fourth-order valence-corrected chi connectivity index (χ4v) is 3.49. The predicted octanol–water partition coefficient (Wildman–Crippen LogP) is 2.81. The fourth-order valence-electron chi connectivity index (χ4n) is 2.45. The Morgan fingerprint density at radius 1 is 1.07 bits per heavy atom. The van der Waals surface area contributed by atoms with Gasteiger partial charge in [-0.2, -0.15) is 0 Å². The van der Waals surface area contributed by atoms with Gasteiger partial charge in [0.25, 0.3) is 0 Å². The molecule has 3 rings (SSSR count). The van der Waals surface area contributed by atoms with Crippen LogP contribution >= 0.6 is 0 Å². The van der Waals surface area contributed by atoms with E-state index in [-0.39, 0.29) is 17.2 Å². The third-order valence-corrected chi connectivity index (χ3v) is 5.34. The minimum atomic E-state index is -3.82. The van der Waals surface area contributed by atoms with Gasteiger partial charge in [-0.1, -0.05) is 30.3 Å². The summed E-state index contributed by atoms with van der Waals surface area (Å²) in [6.07, 6.45) is 3.74. The highest BCUT2D eigenvalue weighted by molar-refractivity contribution is 7.89. The van der Waals surface area contributed by atoms with Crippen LogP contribution in [0.3, 0.4) is 0 Å². The van der Waals surface area contributed by atoms with Gasteiger partial charge in [-0.05, 0) is 30.2 Å². The summed E-state index contributed by atoms with van der Waals surface area (Å²) in [5.41, 5.74) is 1.70. The van der Waals surface area contributed by atoms with Gasteiger partial charge >= 0.3 is 0 Å². The molecule has 0 aliphatic rings. The van der Waals surface area contributed by atoms with Crippen LogP contribution in [0.4, 0.5) is 4.39 Å². The lowest BCUT2D eigenvalue weighted by Crippen LogP contribution is -2.26. The number of methoxy groups -OCH3 is 1. The van der Waals surface area contributed by atoms with Crippen LogP contribution in [0.5, 0.6) is 5.75 Å². The normalized spacial score (nSPS) is 11.3. The van der Waals surface area contributed by atoms with Crippen LogP contribution in [-0.2, 0) is 16.4 Å². The zero-order chi connectivity index (χ0) is 19.3. The highest BCUT2D eigenvalue weighted by atomic mass is 32.2. The summed E-state index contributed by atoms with van der Waals surface area (Å²) < 4.78 is 45.5. The van der Waals surface area contributed by atoms with Gasteiger partial charge < -0.3 is 4.74 Å². The first-order chi connectivity index (χ1) is 13.0. The number of hydrogen-bond acceptors (Lipinski definition) is 5. The van der Waals surface area contributed by atoms with Gasteiger partial charge in [0.1, 0.15) is 0 Å². The molecule has 27 heavy (non-hydrogen) atoms. The summed E-state index contributed by atoms with van der Waals surface area (Å²) in [7, 11) is -2.50. The fraction of sp³-hybridized carbons (Fsp3) is 0.158. The first-order valence-electron chi connectivity index (χ1n) is 8.19. The molecule has 0 saturated heterocycles. The van der Waals surface area contributed by atoms with Crippen LogP contribution in [-0.4, -0.2) is 32.0 Å². The molecule has 140 valence electrons. The maximum Gasteiger partial charge on any atom is 0.240 e. The zero-order valence-corrected chi connectivity index (χ0v) is 15.4. The van der Waals surface area contributed by atoms with Crippen molar-refractivity contribution in [3.05, 3.63) is 72.3 Å².